The Morgan fingerprint density at radius 2 is 2.20 bits per heavy atom. The van der Waals surface area contributed by atoms with Gasteiger partial charge >= 0.3 is 0 Å². The van der Waals surface area contributed by atoms with Crippen molar-refractivity contribution in [2.45, 2.75) is 18.2 Å². The lowest BCUT2D eigenvalue weighted by molar-refractivity contribution is 0.601. The number of hydrogen-bond donors (Lipinski definition) is 2. The van der Waals surface area contributed by atoms with Gasteiger partial charge < -0.3 is 5.32 Å². The highest BCUT2D eigenvalue weighted by Gasteiger charge is 2.19. The maximum absolute atomic E-state index is 12.4. The van der Waals surface area contributed by atoms with E-state index in [1.807, 2.05) is 6.07 Å². The minimum atomic E-state index is -3.58. The van der Waals surface area contributed by atoms with Crippen molar-refractivity contribution in [2.24, 2.45) is 7.05 Å². The molecule has 0 saturated heterocycles. The molecular formula is C13H16N4O2S. The van der Waals surface area contributed by atoms with Crippen LogP contribution in [0.25, 0.3) is 0 Å². The second kappa shape index (κ2) is 4.52. The van der Waals surface area contributed by atoms with E-state index in [0.29, 0.717) is 11.4 Å². The zero-order valence-electron chi connectivity index (χ0n) is 11.3. The number of nitrogens with zero attached hydrogens (tertiary/aromatic N) is 2. The van der Waals surface area contributed by atoms with E-state index in [2.05, 4.69) is 15.1 Å². The predicted octanol–water partition coefficient (Wildman–Crippen LogP) is 1.50. The summed E-state index contributed by atoms with van der Waals surface area (Å²) in [5, 5.41) is 7.34. The van der Waals surface area contributed by atoms with Crippen molar-refractivity contribution in [1.29, 1.82) is 0 Å². The fourth-order valence-corrected chi connectivity index (χ4v) is 3.50. The van der Waals surface area contributed by atoms with Gasteiger partial charge in [-0.3, -0.25) is 9.40 Å². The smallest absolute Gasteiger partial charge is 0.262 e. The third-order valence-corrected chi connectivity index (χ3v) is 4.72. The van der Waals surface area contributed by atoms with Gasteiger partial charge in [0.1, 0.15) is 0 Å². The van der Waals surface area contributed by atoms with E-state index in [-0.39, 0.29) is 4.90 Å². The number of anilines is 2. The Labute approximate surface area is 117 Å². The van der Waals surface area contributed by atoms with Crippen LogP contribution in [-0.2, 0) is 23.5 Å². The summed E-state index contributed by atoms with van der Waals surface area (Å²) in [6.45, 7) is 2.62. The van der Waals surface area contributed by atoms with Crippen LogP contribution in [-0.4, -0.2) is 24.7 Å². The molecule has 2 heterocycles. The highest BCUT2D eigenvalue weighted by Crippen LogP contribution is 2.26. The first kappa shape index (κ1) is 13.0. The topological polar surface area (TPSA) is 76.0 Å². The van der Waals surface area contributed by atoms with Crippen LogP contribution in [0.15, 0.2) is 29.3 Å². The predicted molar refractivity (Wildman–Crippen MR) is 77.4 cm³/mol. The van der Waals surface area contributed by atoms with Crippen molar-refractivity contribution in [3.8, 4) is 0 Å². The standard InChI is InChI=1S/C13H16N4O2S/c1-9-13(8-17(2)15-9)16-20(18,19)11-3-4-12-10(7-11)5-6-14-12/h3-4,7-8,14,16H,5-6H2,1-2H3. The zero-order chi connectivity index (χ0) is 14.3. The van der Waals surface area contributed by atoms with E-state index in [9.17, 15) is 8.42 Å². The van der Waals surface area contributed by atoms with Gasteiger partial charge in [0.15, 0.2) is 0 Å². The van der Waals surface area contributed by atoms with Crippen LogP contribution in [0.3, 0.4) is 0 Å². The third-order valence-electron chi connectivity index (χ3n) is 3.35. The monoisotopic (exact) mass is 292 g/mol. The molecule has 2 aromatic rings. The molecule has 0 amide bonds. The molecule has 1 aromatic heterocycles. The molecule has 7 heteroatoms. The van der Waals surface area contributed by atoms with Crippen LogP contribution in [0.5, 0.6) is 0 Å². The minimum absolute atomic E-state index is 0.281. The number of hydrogen-bond acceptors (Lipinski definition) is 4. The summed E-state index contributed by atoms with van der Waals surface area (Å²) >= 11 is 0. The molecule has 0 spiro atoms. The van der Waals surface area contributed by atoms with E-state index in [4.69, 9.17) is 0 Å². The average Bonchev–Trinajstić information content (AvgIpc) is 2.95. The van der Waals surface area contributed by atoms with E-state index < -0.39 is 10.0 Å². The van der Waals surface area contributed by atoms with Crippen LogP contribution < -0.4 is 10.0 Å². The first-order valence-electron chi connectivity index (χ1n) is 6.35. The number of rotatable bonds is 3. The van der Waals surface area contributed by atoms with Crippen LogP contribution >= 0.6 is 0 Å². The summed E-state index contributed by atoms with van der Waals surface area (Å²) < 4.78 is 29.0. The highest BCUT2D eigenvalue weighted by atomic mass is 32.2. The number of nitrogens with one attached hydrogen (secondary N) is 2. The number of sulfonamides is 1. The summed E-state index contributed by atoms with van der Waals surface area (Å²) in [6.07, 6.45) is 2.51. The minimum Gasteiger partial charge on any atom is -0.384 e. The molecule has 0 unspecified atom stereocenters. The molecular weight excluding hydrogens is 276 g/mol. The normalized spacial score (nSPS) is 13.9. The molecule has 0 aliphatic carbocycles. The van der Waals surface area contributed by atoms with Crippen molar-refractivity contribution in [1.82, 2.24) is 9.78 Å². The maximum Gasteiger partial charge on any atom is 0.262 e. The van der Waals surface area contributed by atoms with Gasteiger partial charge in [0, 0.05) is 25.5 Å². The lowest BCUT2D eigenvalue weighted by Gasteiger charge is -2.08. The zero-order valence-corrected chi connectivity index (χ0v) is 12.2. The van der Waals surface area contributed by atoms with Gasteiger partial charge in [-0.05, 0) is 37.1 Å². The van der Waals surface area contributed by atoms with Gasteiger partial charge in [-0.25, -0.2) is 8.42 Å². The summed E-state index contributed by atoms with van der Waals surface area (Å²) in [5.74, 6) is 0. The SMILES string of the molecule is Cc1nn(C)cc1NS(=O)(=O)c1ccc2c(c1)CCN2. The van der Waals surface area contributed by atoms with Crippen molar-refractivity contribution in [2.75, 3.05) is 16.6 Å². The number of benzene rings is 1. The van der Waals surface area contributed by atoms with Crippen LogP contribution in [0.1, 0.15) is 11.3 Å². The van der Waals surface area contributed by atoms with Crippen molar-refractivity contribution in [3.63, 3.8) is 0 Å². The quantitative estimate of drug-likeness (QED) is 0.899. The van der Waals surface area contributed by atoms with Gasteiger partial charge in [-0.15, -0.1) is 0 Å². The molecule has 6 nitrogen and oxygen atoms in total. The van der Waals surface area contributed by atoms with Gasteiger partial charge in [0.2, 0.25) is 0 Å². The Hall–Kier alpha value is -2.02. The summed E-state index contributed by atoms with van der Waals surface area (Å²) in [7, 11) is -1.82. The largest absolute Gasteiger partial charge is 0.384 e. The number of fused-ring (bicyclic) bond motifs is 1. The summed E-state index contributed by atoms with van der Waals surface area (Å²) in [6, 6.07) is 5.15. The second-order valence-corrected chi connectivity index (χ2v) is 6.59. The lowest BCUT2D eigenvalue weighted by atomic mass is 10.2. The summed E-state index contributed by atoms with van der Waals surface area (Å²) in [4.78, 5) is 0.281. The number of aryl methyl sites for hydroxylation is 2. The van der Waals surface area contributed by atoms with Gasteiger partial charge in [-0.2, -0.15) is 5.10 Å². The fraction of sp³-hybridized carbons (Fsp3) is 0.308. The van der Waals surface area contributed by atoms with E-state index in [1.165, 1.54) is 0 Å². The van der Waals surface area contributed by atoms with Crippen LogP contribution in [0.4, 0.5) is 11.4 Å². The second-order valence-electron chi connectivity index (χ2n) is 4.90. The first-order chi connectivity index (χ1) is 9.45. The van der Waals surface area contributed by atoms with E-state index in [0.717, 1.165) is 24.2 Å². The maximum atomic E-state index is 12.4. The van der Waals surface area contributed by atoms with Crippen LogP contribution in [0, 0.1) is 6.92 Å². The first-order valence-corrected chi connectivity index (χ1v) is 7.84. The Morgan fingerprint density at radius 3 is 2.90 bits per heavy atom. The Kier molecular flexibility index (Phi) is 2.93. The number of aromatic nitrogens is 2. The summed E-state index contributed by atoms with van der Waals surface area (Å²) in [5.41, 5.74) is 3.21. The van der Waals surface area contributed by atoms with Crippen molar-refractivity contribution < 1.29 is 8.42 Å². The fourth-order valence-electron chi connectivity index (χ4n) is 2.35. The molecule has 20 heavy (non-hydrogen) atoms. The Balaban J connectivity index is 1.94. The van der Waals surface area contributed by atoms with Crippen LogP contribution in [0.2, 0.25) is 0 Å². The molecule has 0 radical (unpaired) electrons. The lowest BCUT2D eigenvalue weighted by Crippen LogP contribution is -2.13. The van der Waals surface area contributed by atoms with Crippen molar-refractivity contribution >= 4 is 21.4 Å². The Bertz CT molecular complexity index is 765. The molecule has 2 N–H and O–H groups in total. The van der Waals surface area contributed by atoms with Gasteiger partial charge in [0.05, 0.1) is 16.3 Å². The molecule has 3 rings (SSSR count). The van der Waals surface area contributed by atoms with E-state index in [1.54, 1.807) is 37.0 Å². The molecule has 0 bridgehead atoms. The molecule has 106 valence electrons. The molecule has 0 saturated carbocycles. The molecule has 1 aromatic carbocycles. The molecule has 1 aliphatic heterocycles. The van der Waals surface area contributed by atoms with Gasteiger partial charge in [-0.1, -0.05) is 0 Å². The molecule has 1 aliphatic rings. The highest BCUT2D eigenvalue weighted by molar-refractivity contribution is 7.92. The average molecular weight is 292 g/mol. The molecule has 0 atom stereocenters. The third kappa shape index (κ3) is 2.24. The van der Waals surface area contributed by atoms with Crippen molar-refractivity contribution in [3.05, 3.63) is 35.7 Å². The van der Waals surface area contributed by atoms with E-state index >= 15 is 0 Å². The van der Waals surface area contributed by atoms with Gasteiger partial charge in [0.25, 0.3) is 10.0 Å². The Morgan fingerprint density at radius 1 is 1.40 bits per heavy atom. The molecule has 0 fully saturated rings.